The first kappa shape index (κ1) is 12.0. The molecule has 0 aliphatic rings. The maximum Gasteiger partial charge on any atom is 0.302 e. The van der Waals surface area contributed by atoms with Gasteiger partial charge in [0.05, 0.1) is 0 Å². The first-order valence-corrected chi connectivity index (χ1v) is 5.56. The summed E-state index contributed by atoms with van der Waals surface area (Å²) in [6.07, 6.45) is 0. The average molecular weight is 232 g/mol. The summed E-state index contributed by atoms with van der Waals surface area (Å²) >= 11 is 0. The number of hydrogen-bond donors (Lipinski definition) is 1. The van der Waals surface area contributed by atoms with Crippen molar-refractivity contribution in [1.29, 1.82) is 0 Å². The van der Waals surface area contributed by atoms with Crippen LogP contribution in [0.3, 0.4) is 0 Å². The van der Waals surface area contributed by atoms with E-state index < -0.39 is 10.1 Å². The Morgan fingerprint density at radius 1 is 1.40 bits per heavy atom. The maximum absolute atomic E-state index is 11.5. The van der Waals surface area contributed by atoms with Gasteiger partial charge in [-0.25, -0.2) is 4.18 Å². The zero-order chi connectivity index (χ0) is 11.5. The number of hydrogen-bond acceptors (Lipinski definition) is 5. The Morgan fingerprint density at radius 2 is 2.07 bits per heavy atom. The molecule has 0 heterocycles. The molecule has 6 heteroatoms. The number of aromatic hydroxyl groups is 1. The predicted molar refractivity (Wildman–Crippen MR) is 53.0 cm³/mol. The molecule has 0 saturated carbocycles. The molecule has 1 aromatic carbocycles. The van der Waals surface area contributed by atoms with Gasteiger partial charge in [0.15, 0.2) is 6.79 Å². The van der Waals surface area contributed by atoms with Gasteiger partial charge in [0.25, 0.3) is 0 Å². The normalized spacial score (nSPS) is 11.6. The van der Waals surface area contributed by atoms with Crippen LogP contribution in [0.1, 0.15) is 5.56 Å². The predicted octanol–water partition coefficient (Wildman–Crippen LogP) is 1.01. The fourth-order valence-electron chi connectivity index (χ4n) is 0.997. The minimum absolute atomic E-state index is 0.250. The van der Waals surface area contributed by atoms with Crippen LogP contribution in [0.25, 0.3) is 0 Å². The van der Waals surface area contributed by atoms with E-state index in [0.717, 1.165) is 0 Å². The van der Waals surface area contributed by atoms with Crippen molar-refractivity contribution in [1.82, 2.24) is 0 Å². The maximum atomic E-state index is 11.5. The van der Waals surface area contributed by atoms with Crippen LogP contribution in [0.4, 0.5) is 0 Å². The molecule has 0 saturated heterocycles. The Kier molecular flexibility index (Phi) is 3.67. The lowest BCUT2D eigenvalue weighted by Gasteiger charge is -2.06. The van der Waals surface area contributed by atoms with Gasteiger partial charge in [-0.1, -0.05) is 6.07 Å². The van der Waals surface area contributed by atoms with E-state index in [4.69, 9.17) is 0 Å². The van der Waals surface area contributed by atoms with Crippen LogP contribution < -0.4 is 0 Å². The quantitative estimate of drug-likeness (QED) is 0.619. The van der Waals surface area contributed by atoms with Crippen molar-refractivity contribution in [3.63, 3.8) is 0 Å². The summed E-state index contributed by atoms with van der Waals surface area (Å²) in [5.74, 6) is -0.336. The molecule has 0 radical (unpaired) electrons. The molecule has 0 amide bonds. The molecule has 1 N–H and O–H groups in total. The van der Waals surface area contributed by atoms with E-state index >= 15 is 0 Å². The molecule has 0 aromatic heterocycles. The number of ether oxygens (including phenoxy) is 1. The van der Waals surface area contributed by atoms with Gasteiger partial charge in [-0.2, -0.15) is 8.42 Å². The summed E-state index contributed by atoms with van der Waals surface area (Å²) in [6, 6.07) is 4.24. The summed E-state index contributed by atoms with van der Waals surface area (Å²) in [4.78, 5) is -0.250. The van der Waals surface area contributed by atoms with Crippen molar-refractivity contribution >= 4 is 10.1 Å². The SMILES string of the molecule is COCOS(=O)(=O)c1cc(C)ccc1O. The lowest BCUT2D eigenvalue weighted by molar-refractivity contribution is 0.0559. The zero-order valence-electron chi connectivity index (χ0n) is 8.43. The highest BCUT2D eigenvalue weighted by Crippen LogP contribution is 2.24. The third kappa shape index (κ3) is 2.92. The number of phenols is 1. The average Bonchev–Trinajstić information content (AvgIpc) is 2.18. The van der Waals surface area contributed by atoms with Gasteiger partial charge in [-0.3, -0.25) is 0 Å². The van der Waals surface area contributed by atoms with Crippen LogP contribution in [0.5, 0.6) is 5.75 Å². The Morgan fingerprint density at radius 3 is 2.67 bits per heavy atom. The zero-order valence-corrected chi connectivity index (χ0v) is 9.24. The van der Waals surface area contributed by atoms with Crippen molar-refractivity contribution in [2.75, 3.05) is 13.9 Å². The van der Waals surface area contributed by atoms with E-state index in [2.05, 4.69) is 8.92 Å². The minimum Gasteiger partial charge on any atom is -0.506 e. The third-order valence-corrected chi connectivity index (χ3v) is 2.98. The fraction of sp³-hybridized carbons (Fsp3) is 0.333. The van der Waals surface area contributed by atoms with Crippen molar-refractivity contribution in [2.45, 2.75) is 11.8 Å². The number of methoxy groups -OCH3 is 1. The number of aryl methyl sites for hydroxylation is 1. The fourth-order valence-corrected chi connectivity index (χ4v) is 2.00. The molecule has 0 atom stereocenters. The van der Waals surface area contributed by atoms with E-state index in [9.17, 15) is 13.5 Å². The highest BCUT2D eigenvalue weighted by atomic mass is 32.2. The lowest BCUT2D eigenvalue weighted by atomic mass is 10.2. The van der Waals surface area contributed by atoms with Crippen molar-refractivity contribution in [3.8, 4) is 5.75 Å². The van der Waals surface area contributed by atoms with E-state index in [1.54, 1.807) is 13.0 Å². The van der Waals surface area contributed by atoms with Gasteiger partial charge in [0, 0.05) is 7.11 Å². The van der Waals surface area contributed by atoms with Crippen molar-refractivity contribution in [2.24, 2.45) is 0 Å². The second-order valence-corrected chi connectivity index (χ2v) is 4.53. The molecule has 0 aliphatic carbocycles. The van der Waals surface area contributed by atoms with Crippen LogP contribution in [-0.4, -0.2) is 27.4 Å². The van der Waals surface area contributed by atoms with Gasteiger partial charge in [-0.15, -0.1) is 0 Å². The number of rotatable bonds is 4. The molecule has 0 bridgehead atoms. The number of benzene rings is 1. The first-order valence-electron chi connectivity index (χ1n) is 4.15. The molecule has 15 heavy (non-hydrogen) atoms. The van der Waals surface area contributed by atoms with Gasteiger partial charge in [0.2, 0.25) is 0 Å². The van der Waals surface area contributed by atoms with Crippen molar-refractivity contribution < 1.29 is 22.4 Å². The van der Waals surface area contributed by atoms with Gasteiger partial charge < -0.3 is 9.84 Å². The first-order chi connectivity index (χ1) is 6.97. The van der Waals surface area contributed by atoms with Crippen LogP contribution in [-0.2, 0) is 19.0 Å². The minimum atomic E-state index is -3.95. The standard InChI is InChI=1S/C9H12O5S/c1-7-3-4-8(10)9(5-7)15(11,12)14-6-13-2/h3-5,10H,6H2,1-2H3. The Hall–Kier alpha value is -1.11. The molecule has 0 fully saturated rings. The van der Waals surface area contributed by atoms with E-state index in [1.807, 2.05) is 0 Å². The van der Waals surface area contributed by atoms with Crippen LogP contribution in [0.15, 0.2) is 23.1 Å². The monoisotopic (exact) mass is 232 g/mol. The highest BCUT2D eigenvalue weighted by Gasteiger charge is 2.19. The summed E-state index contributed by atoms with van der Waals surface area (Å²) < 4.78 is 32.0. The van der Waals surface area contributed by atoms with Crippen LogP contribution >= 0.6 is 0 Å². The van der Waals surface area contributed by atoms with E-state index in [1.165, 1.54) is 19.2 Å². The molecule has 5 nitrogen and oxygen atoms in total. The number of phenolic OH excluding ortho intramolecular Hbond substituents is 1. The Bertz CT molecular complexity index is 438. The second kappa shape index (κ2) is 4.61. The topological polar surface area (TPSA) is 72.8 Å². The van der Waals surface area contributed by atoms with E-state index in [0.29, 0.717) is 5.56 Å². The molecule has 0 aliphatic heterocycles. The molecule has 0 spiro atoms. The molecular formula is C9H12O5S. The van der Waals surface area contributed by atoms with Crippen LogP contribution in [0, 0.1) is 6.92 Å². The summed E-state index contributed by atoms with van der Waals surface area (Å²) in [7, 11) is -2.64. The van der Waals surface area contributed by atoms with Crippen LogP contribution in [0.2, 0.25) is 0 Å². The molecule has 0 unspecified atom stereocenters. The summed E-state index contributed by atoms with van der Waals surface area (Å²) in [5.41, 5.74) is 0.715. The molecular weight excluding hydrogens is 220 g/mol. The summed E-state index contributed by atoms with van der Waals surface area (Å²) in [6.45, 7) is 1.34. The smallest absolute Gasteiger partial charge is 0.302 e. The largest absolute Gasteiger partial charge is 0.506 e. The lowest BCUT2D eigenvalue weighted by Crippen LogP contribution is -2.09. The van der Waals surface area contributed by atoms with Gasteiger partial charge in [0.1, 0.15) is 10.6 Å². The molecule has 84 valence electrons. The molecule has 1 aromatic rings. The Labute approximate surface area is 88.4 Å². The van der Waals surface area contributed by atoms with Gasteiger partial charge in [-0.05, 0) is 24.6 Å². The summed E-state index contributed by atoms with van der Waals surface area (Å²) in [5, 5.41) is 9.37. The third-order valence-electron chi connectivity index (χ3n) is 1.71. The second-order valence-electron chi connectivity index (χ2n) is 2.95. The molecule has 1 rings (SSSR count). The van der Waals surface area contributed by atoms with E-state index in [-0.39, 0.29) is 17.4 Å². The van der Waals surface area contributed by atoms with Crippen molar-refractivity contribution in [3.05, 3.63) is 23.8 Å². The highest BCUT2D eigenvalue weighted by molar-refractivity contribution is 7.86. The van der Waals surface area contributed by atoms with Gasteiger partial charge >= 0.3 is 10.1 Å². The Balaban J connectivity index is 3.09.